The third-order valence-corrected chi connectivity index (χ3v) is 4.22. The number of hydrogen-bond acceptors (Lipinski definition) is 2. The Morgan fingerprint density at radius 3 is 2.71 bits per heavy atom. The first-order valence-corrected chi connectivity index (χ1v) is 9.84. The van der Waals surface area contributed by atoms with Gasteiger partial charge in [0.05, 0.1) is 0 Å². The van der Waals surface area contributed by atoms with Crippen LogP contribution in [0.25, 0.3) is 0 Å². The van der Waals surface area contributed by atoms with Gasteiger partial charge in [-0.25, -0.2) is 0 Å². The van der Waals surface area contributed by atoms with Crippen LogP contribution < -0.4 is 5.32 Å². The number of fused-ring (bicyclic) bond motifs is 1. The zero-order chi connectivity index (χ0) is 12.5. The predicted molar refractivity (Wildman–Crippen MR) is 74.8 cm³/mol. The fraction of sp³-hybridized carbons (Fsp3) is 0.571. The number of nitrogens with one attached hydrogen (secondary N) is 1. The molecule has 2 nitrogen and oxygen atoms in total. The van der Waals surface area contributed by atoms with E-state index in [1.54, 1.807) is 0 Å². The Bertz CT molecular complexity index is 386. The maximum Gasteiger partial charge on any atom is 0.183 e. The van der Waals surface area contributed by atoms with Crippen LogP contribution in [0.3, 0.4) is 0 Å². The molecule has 0 saturated carbocycles. The molecule has 0 radical (unpaired) electrons. The second-order valence-electron chi connectivity index (χ2n) is 5.91. The van der Waals surface area contributed by atoms with E-state index in [-0.39, 0.29) is 0 Å². The standard InChI is InChI=1S/C14H23NOSi/c1-11-14-8-6-5-7-12(14)9-13(15-11)10-16-17(2,3)4/h5-8,11,13,15H,9-10H2,1-4H3/t11-,13+/m1/s1. The molecule has 2 atom stereocenters. The minimum atomic E-state index is -1.39. The Morgan fingerprint density at radius 2 is 2.00 bits per heavy atom. The third-order valence-electron chi connectivity index (χ3n) is 3.19. The van der Waals surface area contributed by atoms with Crippen molar-refractivity contribution in [1.29, 1.82) is 0 Å². The molecule has 0 spiro atoms. The summed E-state index contributed by atoms with van der Waals surface area (Å²) in [5, 5.41) is 3.64. The SMILES string of the molecule is C[C@H]1N[C@H](CO[Si](C)(C)C)Cc2ccccc21. The first-order valence-electron chi connectivity index (χ1n) is 6.43. The van der Waals surface area contributed by atoms with E-state index in [9.17, 15) is 0 Å². The Hall–Kier alpha value is -0.643. The van der Waals surface area contributed by atoms with Crippen molar-refractivity contribution >= 4 is 8.32 Å². The highest BCUT2D eigenvalue weighted by Crippen LogP contribution is 2.25. The van der Waals surface area contributed by atoms with E-state index >= 15 is 0 Å². The second-order valence-corrected chi connectivity index (χ2v) is 10.4. The van der Waals surface area contributed by atoms with Crippen LogP contribution in [0.15, 0.2) is 24.3 Å². The monoisotopic (exact) mass is 249 g/mol. The molecule has 17 heavy (non-hydrogen) atoms. The van der Waals surface area contributed by atoms with Gasteiger partial charge in [0.15, 0.2) is 8.32 Å². The Morgan fingerprint density at radius 1 is 1.29 bits per heavy atom. The molecule has 2 rings (SSSR count). The molecule has 0 unspecified atom stereocenters. The van der Waals surface area contributed by atoms with Gasteiger partial charge in [-0.15, -0.1) is 0 Å². The van der Waals surface area contributed by atoms with Crippen LogP contribution in [0, 0.1) is 0 Å². The largest absolute Gasteiger partial charge is 0.416 e. The van der Waals surface area contributed by atoms with Gasteiger partial charge in [0, 0.05) is 18.7 Å². The molecule has 0 aromatic heterocycles. The van der Waals surface area contributed by atoms with Crippen LogP contribution in [0.5, 0.6) is 0 Å². The van der Waals surface area contributed by atoms with Crippen molar-refractivity contribution in [2.45, 2.75) is 45.1 Å². The molecule has 1 heterocycles. The Balaban J connectivity index is 2.02. The van der Waals surface area contributed by atoms with E-state index in [1.807, 2.05) is 0 Å². The first kappa shape index (κ1) is 12.8. The molecule has 94 valence electrons. The summed E-state index contributed by atoms with van der Waals surface area (Å²) in [6, 6.07) is 9.63. The van der Waals surface area contributed by atoms with Gasteiger partial charge < -0.3 is 9.74 Å². The summed E-state index contributed by atoms with van der Waals surface area (Å²) >= 11 is 0. The summed E-state index contributed by atoms with van der Waals surface area (Å²) < 4.78 is 6.01. The summed E-state index contributed by atoms with van der Waals surface area (Å²) in [6.07, 6.45) is 1.09. The molecule has 1 aliphatic rings. The van der Waals surface area contributed by atoms with Gasteiger partial charge in [0.25, 0.3) is 0 Å². The average Bonchev–Trinajstić information content (AvgIpc) is 2.26. The van der Waals surface area contributed by atoms with Gasteiger partial charge in [-0.2, -0.15) is 0 Å². The summed E-state index contributed by atoms with van der Waals surface area (Å²) in [5.74, 6) is 0. The van der Waals surface area contributed by atoms with Gasteiger partial charge >= 0.3 is 0 Å². The molecular weight excluding hydrogens is 226 g/mol. The van der Waals surface area contributed by atoms with Crippen molar-refractivity contribution in [1.82, 2.24) is 5.32 Å². The number of benzene rings is 1. The fourth-order valence-corrected chi connectivity index (χ4v) is 3.07. The highest BCUT2D eigenvalue weighted by molar-refractivity contribution is 6.69. The molecule has 1 aromatic carbocycles. The zero-order valence-electron chi connectivity index (χ0n) is 11.3. The first-order chi connectivity index (χ1) is 7.96. The maximum absolute atomic E-state index is 6.01. The molecule has 1 N–H and O–H groups in total. The van der Waals surface area contributed by atoms with Crippen LogP contribution >= 0.6 is 0 Å². The van der Waals surface area contributed by atoms with E-state index in [1.165, 1.54) is 11.1 Å². The van der Waals surface area contributed by atoms with E-state index in [2.05, 4.69) is 56.1 Å². The lowest BCUT2D eigenvalue weighted by molar-refractivity contribution is 0.240. The quantitative estimate of drug-likeness (QED) is 0.831. The smallest absolute Gasteiger partial charge is 0.183 e. The van der Waals surface area contributed by atoms with Gasteiger partial charge in [0.2, 0.25) is 0 Å². The summed E-state index contributed by atoms with van der Waals surface area (Å²) in [6.45, 7) is 9.81. The average molecular weight is 249 g/mol. The predicted octanol–water partition coefficient (Wildman–Crippen LogP) is 3.11. The van der Waals surface area contributed by atoms with E-state index in [4.69, 9.17) is 4.43 Å². The van der Waals surface area contributed by atoms with E-state index < -0.39 is 8.32 Å². The highest BCUT2D eigenvalue weighted by atomic mass is 28.4. The fourth-order valence-electron chi connectivity index (χ4n) is 2.37. The van der Waals surface area contributed by atoms with Crippen molar-refractivity contribution in [3.8, 4) is 0 Å². The molecular formula is C14H23NOSi. The topological polar surface area (TPSA) is 21.3 Å². The summed E-state index contributed by atoms with van der Waals surface area (Å²) in [5.41, 5.74) is 2.92. The molecule has 3 heteroatoms. The van der Waals surface area contributed by atoms with Gasteiger partial charge in [-0.05, 0) is 44.1 Å². The summed E-state index contributed by atoms with van der Waals surface area (Å²) in [7, 11) is -1.39. The molecule has 1 aromatic rings. The van der Waals surface area contributed by atoms with Crippen molar-refractivity contribution in [2.75, 3.05) is 6.61 Å². The van der Waals surface area contributed by atoms with E-state index in [0.717, 1.165) is 13.0 Å². The molecule has 0 amide bonds. The van der Waals surface area contributed by atoms with Crippen molar-refractivity contribution < 1.29 is 4.43 Å². The van der Waals surface area contributed by atoms with Gasteiger partial charge in [-0.1, -0.05) is 24.3 Å². The lowest BCUT2D eigenvalue weighted by Crippen LogP contribution is -2.43. The zero-order valence-corrected chi connectivity index (χ0v) is 12.3. The van der Waals surface area contributed by atoms with Crippen LogP contribution in [-0.2, 0) is 10.8 Å². The van der Waals surface area contributed by atoms with Crippen LogP contribution in [0.4, 0.5) is 0 Å². The van der Waals surface area contributed by atoms with Gasteiger partial charge in [0.1, 0.15) is 0 Å². The van der Waals surface area contributed by atoms with Crippen molar-refractivity contribution in [3.05, 3.63) is 35.4 Å². The number of rotatable bonds is 3. The lowest BCUT2D eigenvalue weighted by Gasteiger charge is -2.32. The maximum atomic E-state index is 6.01. The molecule has 0 aliphatic carbocycles. The summed E-state index contributed by atoms with van der Waals surface area (Å²) in [4.78, 5) is 0. The Kier molecular flexibility index (Phi) is 3.71. The minimum Gasteiger partial charge on any atom is -0.416 e. The van der Waals surface area contributed by atoms with Crippen LogP contribution in [0.2, 0.25) is 19.6 Å². The molecule has 0 saturated heterocycles. The van der Waals surface area contributed by atoms with Crippen molar-refractivity contribution in [3.63, 3.8) is 0 Å². The van der Waals surface area contributed by atoms with Crippen LogP contribution in [0.1, 0.15) is 24.1 Å². The third kappa shape index (κ3) is 3.41. The number of hydrogen-bond donors (Lipinski definition) is 1. The van der Waals surface area contributed by atoms with Gasteiger partial charge in [-0.3, -0.25) is 0 Å². The Labute approximate surface area is 106 Å². The minimum absolute atomic E-state index is 0.440. The second kappa shape index (κ2) is 4.92. The highest BCUT2D eigenvalue weighted by Gasteiger charge is 2.24. The lowest BCUT2D eigenvalue weighted by atomic mass is 9.91. The van der Waals surface area contributed by atoms with Crippen LogP contribution in [-0.4, -0.2) is 21.0 Å². The van der Waals surface area contributed by atoms with E-state index in [0.29, 0.717) is 12.1 Å². The molecule has 0 fully saturated rings. The molecule has 1 aliphatic heterocycles. The molecule has 0 bridgehead atoms. The van der Waals surface area contributed by atoms with Crippen molar-refractivity contribution in [2.24, 2.45) is 0 Å². The normalized spacial score (nSPS) is 24.5.